The lowest BCUT2D eigenvalue weighted by atomic mass is 10.1. The van der Waals surface area contributed by atoms with Crippen LogP contribution in [0.3, 0.4) is 0 Å². The van der Waals surface area contributed by atoms with E-state index in [1.165, 1.54) is 10.4 Å². The van der Waals surface area contributed by atoms with Crippen molar-refractivity contribution in [3.63, 3.8) is 0 Å². The number of rotatable bonds is 9. The van der Waals surface area contributed by atoms with Crippen molar-refractivity contribution < 1.29 is 17.6 Å². The first-order valence-corrected chi connectivity index (χ1v) is 10.7. The summed E-state index contributed by atoms with van der Waals surface area (Å²) in [6.45, 7) is 2.18. The van der Waals surface area contributed by atoms with Gasteiger partial charge in [0, 0.05) is 25.6 Å². The molecule has 0 fully saturated rings. The van der Waals surface area contributed by atoms with E-state index in [-0.39, 0.29) is 30.7 Å². The van der Waals surface area contributed by atoms with Gasteiger partial charge in [-0.1, -0.05) is 48.5 Å². The van der Waals surface area contributed by atoms with Gasteiger partial charge < -0.3 is 5.32 Å². The Kier molecular flexibility index (Phi) is 7.50. The van der Waals surface area contributed by atoms with Gasteiger partial charge in [-0.15, -0.1) is 0 Å². The largest absolute Gasteiger partial charge is 0.356 e. The van der Waals surface area contributed by atoms with Crippen LogP contribution in [0, 0.1) is 5.82 Å². The predicted octanol–water partition coefficient (Wildman–Crippen LogP) is 2.90. The van der Waals surface area contributed by atoms with Gasteiger partial charge in [0.1, 0.15) is 5.82 Å². The molecule has 0 aliphatic heterocycles. The SMILES string of the molecule is CC(c1ccccc1)N(CCC(=O)NCCc1ccccc1F)S(C)(=O)=O. The highest BCUT2D eigenvalue weighted by molar-refractivity contribution is 7.88. The number of nitrogens with one attached hydrogen (secondary N) is 1. The van der Waals surface area contributed by atoms with Crippen molar-refractivity contribution in [3.05, 3.63) is 71.5 Å². The number of halogens is 1. The molecule has 1 atom stereocenters. The zero-order chi connectivity index (χ0) is 19.9. The van der Waals surface area contributed by atoms with Crippen LogP contribution in [0.5, 0.6) is 0 Å². The second-order valence-corrected chi connectivity index (χ2v) is 8.34. The van der Waals surface area contributed by atoms with Crippen molar-refractivity contribution in [1.82, 2.24) is 9.62 Å². The molecule has 2 rings (SSSR count). The molecule has 0 spiro atoms. The Morgan fingerprint density at radius 2 is 1.74 bits per heavy atom. The second kappa shape index (κ2) is 9.62. The number of nitrogens with zero attached hydrogens (tertiary/aromatic N) is 1. The molecular weight excluding hydrogens is 367 g/mol. The smallest absolute Gasteiger partial charge is 0.221 e. The fourth-order valence-corrected chi connectivity index (χ4v) is 4.00. The molecule has 7 heteroatoms. The molecule has 0 aliphatic carbocycles. The van der Waals surface area contributed by atoms with Gasteiger partial charge in [0.15, 0.2) is 0 Å². The lowest BCUT2D eigenvalue weighted by Gasteiger charge is -2.27. The van der Waals surface area contributed by atoms with Crippen LogP contribution in [0.15, 0.2) is 54.6 Å². The molecule has 0 heterocycles. The summed E-state index contributed by atoms with van der Waals surface area (Å²) < 4.78 is 39.2. The normalized spacial score (nSPS) is 12.7. The summed E-state index contributed by atoms with van der Waals surface area (Å²) in [6, 6.07) is 15.3. The number of benzene rings is 2. The Hall–Kier alpha value is -2.25. The summed E-state index contributed by atoms with van der Waals surface area (Å²) >= 11 is 0. The van der Waals surface area contributed by atoms with Gasteiger partial charge in [-0.05, 0) is 30.5 Å². The molecule has 5 nitrogen and oxygen atoms in total. The van der Waals surface area contributed by atoms with Crippen LogP contribution in [0.4, 0.5) is 4.39 Å². The van der Waals surface area contributed by atoms with Gasteiger partial charge >= 0.3 is 0 Å². The third kappa shape index (κ3) is 6.45. The maximum absolute atomic E-state index is 13.6. The molecule has 146 valence electrons. The van der Waals surface area contributed by atoms with E-state index in [4.69, 9.17) is 0 Å². The van der Waals surface area contributed by atoms with Crippen molar-refractivity contribution >= 4 is 15.9 Å². The van der Waals surface area contributed by atoms with Crippen molar-refractivity contribution in [3.8, 4) is 0 Å². The highest BCUT2D eigenvalue weighted by Crippen LogP contribution is 2.22. The topological polar surface area (TPSA) is 66.5 Å². The summed E-state index contributed by atoms with van der Waals surface area (Å²) in [5.74, 6) is -0.563. The fourth-order valence-electron chi connectivity index (χ4n) is 2.88. The zero-order valence-electron chi connectivity index (χ0n) is 15.6. The lowest BCUT2D eigenvalue weighted by molar-refractivity contribution is -0.121. The molecule has 2 aromatic rings. The summed E-state index contributed by atoms with van der Waals surface area (Å²) in [6.07, 6.45) is 1.57. The van der Waals surface area contributed by atoms with E-state index in [1.54, 1.807) is 25.1 Å². The molecule has 1 amide bonds. The number of hydrogen-bond donors (Lipinski definition) is 1. The molecule has 0 radical (unpaired) electrons. The Labute approximate surface area is 160 Å². The van der Waals surface area contributed by atoms with Crippen LogP contribution in [-0.4, -0.2) is 38.0 Å². The number of carbonyl (C=O) groups excluding carboxylic acids is 1. The molecular formula is C20H25FN2O3S. The van der Waals surface area contributed by atoms with Crippen LogP contribution in [0.1, 0.15) is 30.5 Å². The molecule has 2 aromatic carbocycles. The summed E-state index contributed by atoms with van der Waals surface area (Å²) in [4.78, 5) is 12.1. The first-order valence-electron chi connectivity index (χ1n) is 8.81. The number of hydrogen-bond acceptors (Lipinski definition) is 3. The van der Waals surface area contributed by atoms with E-state index < -0.39 is 10.0 Å². The minimum Gasteiger partial charge on any atom is -0.356 e. The van der Waals surface area contributed by atoms with Gasteiger partial charge in [0.25, 0.3) is 0 Å². The van der Waals surface area contributed by atoms with Crippen LogP contribution < -0.4 is 5.32 Å². The molecule has 1 N–H and O–H groups in total. The van der Waals surface area contributed by atoms with Gasteiger partial charge in [0.2, 0.25) is 15.9 Å². The van der Waals surface area contributed by atoms with Gasteiger partial charge in [-0.25, -0.2) is 12.8 Å². The Morgan fingerprint density at radius 1 is 1.11 bits per heavy atom. The minimum atomic E-state index is -3.47. The molecule has 0 aliphatic rings. The molecule has 0 saturated carbocycles. The van der Waals surface area contributed by atoms with E-state index in [9.17, 15) is 17.6 Å². The second-order valence-electron chi connectivity index (χ2n) is 6.40. The van der Waals surface area contributed by atoms with Gasteiger partial charge in [-0.2, -0.15) is 4.31 Å². The van der Waals surface area contributed by atoms with Gasteiger partial charge in [0.05, 0.1) is 6.26 Å². The Bertz CT molecular complexity index is 857. The van der Waals surface area contributed by atoms with Gasteiger partial charge in [-0.3, -0.25) is 4.79 Å². The van der Waals surface area contributed by atoms with Crippen molar-refractivity contribution in [2.24, 2.45) is 0 Å². The summed E-state index contributed by atoms with van der Waals surface area (Å²) in [7, 11) is -3.47. The molecule has 0 bridgehead atoms. The van der Waals surface area contributed by atoms with Crippen LogP contribution in [-0.2, 0) is 21.2 Å². The highest BCUT2D eigenvalue weighted by atomic mass is 32.2. The van der Waals surface area contributed by atoms with E-state index in [0.717, 1.165) is 11.8 Å². The van der Waals surface area contributed by atoms with Crippen molar-refractivity contribution in [1.29, 1.82) is 0 Å². The molecule has 1 unspecified atom stereocenters. The standard InChI is InChI=1S/C20H25FN2O3S/c1-16(17-8-4-3-5-9-17)23(27(2,25)26)15-13-20(24)22-14-12-18-10-6-7-11-19(18)21/h3-11,16H,12-15H2,1-2H3,(H,22,24). The molecule has 0 saturated heterocycles. The monoisotopic (exact) mass is 392 g/mol. The zero-order valence-corrected chi connectivity index (χ0v) is 16.4. The summed E-state index contributed by atoms with van der Waals surface area (Å²) in [5, 5.41) is 2.72. The average Bonchev–Trinajstić information content (AvgIpc) is 2.63. The maximum Gasteiger partial charge on any atom is 0.221 e. The number of amides is 1. The summed E-state index contributed by atoms with van der Waals surface area (Å²) in [5.41, 5.74) is 1.40. The first-order chi connectivity index (χ1) is 12.8. The molecule has 27 heavy (non-hydrogen) atoms. The van der Waals surface area contributed by atoms with Crippen LogP contribution >= 0.6 is 0 Å². The first kappa shape index (κ1) is 21.1. The van der Waals surface area contributed by atoms with Crippen molar-refractivity contribution in [2.45, 2.75) is 25.8 Å². The number of sulfonamides is 1. The van der Waals surface area contributed by atoms with Crippen molar-refractivity contribution in [2.75, 3.05) is 19.3 Å². The lowest BCUT2D eigenvalue weighted by Crippen LogP contribution is -2.36. The van der Waals surface area contributed by atoms with Crippen LogP contribution in [0.25, 0.3) is 0 Å². The third-order valence-electron chi connectivity index (χ3n) is 4.37. The fraction of sp³-hybridized carbons (Fsp3) is 0.350. The maximum atomic E-state index is 13.6. The predicted molar refractivity (Wildman–Crippen MR) is 104 cm³/mol. The third-order valence-corrected chi connectivity index (χ3v) is 5.72. The van der Waals surface area contributed by atoms with E-state index in [0.29, 0.717) is 18.5 Å². The van der Waals surface area contributed by atoms with E-state index >= 15 is 0 Å². The Balaban J connectivity index is 1.89. The Morgan fingerprint density at radius 3 is 2.37 bits per heavy atom. The number of carbonyl (C=O) groups is 1. The molecule has 0 aromatic heterocycles. The van der Waals surface area contributed by atoms with Crippen LogP contribution in [0.2, 0.25) is 0 Å². The van der Waals surface area contributed by atoms with E-state index in [2.05, 4.69) is 5.32 Å². The quantitative estimate of drug-likeness (QED) is 0.714. The highest BCUT2D eigenvalue weighted by Gasteiger charge is 2.24. The average molecular weight is 392 g/mol. The minimum absolute atomic E-state index is 0.0432. The van der Waals surface area contributed by atoms with E-state index in [1.807, 2.05) is 30.3 Å².